The van der Waals surface area contributed by atoms with Crippen molar-refractivity contribution in [3.63, 3.8) is 0 Å². The number of nitrogens with zero attached hydrogens (tertiary/aromatic N) is 1. The van der Waals surface area contributed by atoms with E-state index in [9.17, 15) is 4.79 Å². The van der Waals surface area contributed by atoms with Gasteiger partial charge in [0.1, 0.15) is 0 Å². The van der Waals surface area contributed by atoms with Crippen molar-refractivity contribution in [2.45, 2.75) is 6.42 Å². The molecule has 0 heterocycles. The molecule has 0 aliphatic heterocycles. The van der Waals surface area contributed by atoms with Crippen molar-refractivity contribution in [2.75, 3.05) is 32.5 Å². The van der Waals surface area contributed by atoms with E-state index < -0.39 is 0 Å². The van der Waals surface area contributed by atoms with Gasteiger partial charge >= 0.3 is 0 Å². The number of anilines is 1. The Morgan fingerprint density at radius 2 is 1.64 bits per heavy atom. The predicted octanol–water partition coefficient (Wildman–Crippen LogP) is 3.95. The molecule has 0 aliphatic rings. The third-order valence-electron chi connectivity index (χ3n) is 3.40. The van der Waals surface area contributed by atoms with Crippen LogP contribution in [0.3, 0.4) is 0 Å². The molecule has 0 saturated heterocycles. The number of carbonyl (C=O) groups is 1. The molecule has 2 rings (SSSR count). The molecule has 0 aliphatic carbocycles. The lowest BCUT2D eigenvalue weighted by atomic mass is 9.99. The van der Waals surface area contributed by atoms with Crippen molar-refractivity contribution in [3.8, 4) is 11.1 Å². The van der Waals surface area contributed by atoms with Gasteiger partial charge in [-0.1, -0.05) is 42.5 Å². The van der Waals surface area contributed by atoms with E-state index in [1.807, 2.05) is 36.4 Å². The minimum Gasteiger partial charge on any atom is -0.384 e. The van der Waals surface area contributed by atoms with Crippen LogP contribution < -0.4 is 5.32 Å². The van der Waals surface area contributed by atoms with Crippen LogP contribution in [-0.4, -0.2) is 38.4 Å². The molecule has 118 valence electrons. The molecule has 0 fully saturated rings. The fourth-order valence-corrected chi connectivity index (χ4v) is 2.34. The van der Waals surface area contributed by atoms with Gasteiger partial charge in [-0.3, -0.25) is 4.79 Å². The number of para-hydroxylation sites is 1. The van der Waals surface area contributed by atoms with E-state index in [1.54, 1.807) is 0 Å². The topological polar surface area (TPSA) is 32.3 Å². The minimum absolute atomic E-state index is 0. The molecule has 0 bridgehead atoms. The second-order valence-corrected chi connectivity index (χ2v) is 5.33. The predicted molar refractivity (Wildman–Crippen MR) is 96.2 cm³/mol. The third-order valence-corrected chi connectivity index (χ3v) is 3.40. The maximum absolute atomic E-state index is 11.2. The van der Waals surface area contributed by atoms with Gasteiger partial charge in [-0.2, -0.15) is 0 Å². The molecule has 22 heavy (non-hydrogen) atoms. The second kappa shape index (κ2) is 9.23. The van der Waals surface area contributed by atoms with E-state index in [-0.39, 0.29) is 12.4 Å². The van der Waals surface area contributed by atoms with E-state index in [0.29, 0.717) is 0 Å². The van der Waals surface area contributed by atoms with Gasteiger partial charge in [0.15, 0.2) is 6.29 Å². The zero-order chi connectivity index (χ0) is 15.1. The van der Waals surface area contributed by atoms with Crippen LogP contribution >= 0.6 is 12.4 Å². The molecule has 3 nitrogen and oxygen atoms in total. The number of carbonyl (C=O) groups excluding carboxylic acids is 1. The smallest absolute Gasteiger partial charge is 0.150 e. The fourth-order valence-electron chi connectivity index (χ4n) is 2.34. The molecular weight excluding hydrogens is 296 g/mol. The van der Waals surface area contributed by atoms with Crippen molar-refractivity contribution in [3.05, 3.63) is 54.1 Å². The van der Waals surface area contributed by atoms with Crippen LogP contribution in [0.1, 0.15) is 16.8 Å². The van der Waals surface area contributed by atoms with E-state index in [1.165, 1.54) is 0 Å². The Kier molecular flexibility index (Phi) is 7.64. The summed E-state index contributed by atoms with van der Waals surface area (Å²) in [6, 6.07) is 15.8. The second-order valence-electron chi connectivity index (χ2n) is 5.33. The molecule has 1 N–H and O–H groups in total. The van der Waals surface area contributed by atoms with Gasteiger partial charge in [0.05, 0.1) is 0 Å². The Hall–Kier alpha value is -1.84. The molecule has 4 heteroatoms. The van der Waals surface area contributed by atoms with Gasteiger partial charge in [0.25, 0.3) is 0 Å². The summed E-state index contributed by atoms with van der Waals surface area (Å²) in [4.78, 5) is 13.4. The molecular formula is C18H23ClN2O. The normalized spacial score (nSPS) is 10.1. The summed E-state index contributed by atoms with van der Waals surface area (Å²) < 4.78 is 0. The largest absolute Gasteiger partial charge is 0.384 e. The van der Waals surface area contributed by atoms with Gasteiger partial charge in [-0.25, -0.2) is 0 Å². The molecule has 0 atom stereocenters. The van der Waals surface area contributed by atoms with Crippen LogP contribution in [0.4, 0.5) is 5.69 Å². The van der Waals surface area contributed by atoms with Crippen LogP contribution in [0.15, 0.2) is 48.5 Å². The van der Waals surface area contributed by atoms with Crippen molar-refractivity contribution in [2.24, 2.45) is 0 Å². The lowest BCUT2D eigenvalue weighted by Gasteiger charge is -2.14. The SMILES string of the molecule is CN(C)CCCNc1ccccc1-c1ccccc1C=O.Cl. The molecule has 0 spiro atoms. The van der Waals surface area contributed by atoms with Gasteiger partial charge in [0.2, 0.25) is 0 Å². The van der Waals surface area contributed by atoms with E-state index in [2.05, 4.69) is 36.4 Å². The van der Waals surface area contributed by atoms with Crippen LogP contribution in [-0.2, 0) is 0 Å². The van der Waals surface area contributed by atoms with Crippen molar-refractivity contribution < 1.29 is 4.79 Å². The maximum atomic E-state index is 11.2. The summed E-state index contributed by atoms with van der Waals surface area (Å²) in [5, 5.41) is 3.48. The number of aldehydes is 1. The highest BCUT2D eigenvalue weighted by Crippen LogP contribution is 2.29. The van der Waals surface area contributed by atoms with Gasteiger partial charge in [0, 0.05) is 23.4 Å². The van der Waals surface area contributed by atoms with Crippen molar-refractivity contribution in [1.29, 1.82) is 0 Å². The average Bonchev–Trinajstić information content (AvgIpc) is 2.52. The van der Waals surface area contributed by atoms with Crippen LogP contribution in [0.25, 0.3) is 11.1 Å². The Balaban J connectivity index is 0.00000242. The van der Waals surface area contributed by atoms with Gasteiger partial charge < -0.3 is 10.2 Å². The molecule has 0 saturated carbocycles. The Labute approximate surface area is 138 Å². The summed E-state index contributed by atoms with van der Waals surface area (Å²) >= 11 is 0. The Morgan fingerprint density at radius 3 is 2.32 bits per heavy atom. The molecule has 0 aromatic heterocycles. The van der Waals surface area contributed by atoms with E-state index >= 15 is 0 Å². The van der Waals surface area contributed by atoms with E-state index in [4.69, 9.17) is 0 Å². The van der Waals surface area contributed by atoms with Crippen molar-refractivity contribution in [1.82, 2.24) is 4.90 Å². The van der Waals surface area contributed by atoms with Crippen molar-refractivity contribution >= 4 is 24.4 Å². The summed E-state index contributed by atoms with van der Waals surface area (Å²) in [5.74, 6) is 0. The maximum Gasteiger partial charge on any atom is 0.150 e. The molecule has 2 aromatic carbocycles. The zero-order valence-electron chi connectivity index (χ0n) is 13.1. The average molecular weight is 319 g/mol. The van der Waals surface area contributed by atoms with Crippen LogP contribution in [0, 0.1) is 0 Å². The third kappa shape index (κ3) is 4.86. The standard InChI is InChI=1S/C18H22N2O.ClH/c1-20(2)13-7-12-19-18-11-6-5-10-17(18)16-9-4-3-8-15(16)14-21;/h3-6,8-11,14,19H,7,12-13H2,1-2H3;1H. The number of benzene rings is 2. The highest BCUT2D eigenvalue weighted by Gasteiger charge is 2.08. The summed E-state index contributed by atoms with van der Waals surface area (Å²) in [5.41, 5.74) is 3.85. The lowest BCUT2D eigenvalue weighted by Crippen LogP contribution is -2.16. The van der Waals surface area contributed by atoms with Gasteiger partial charge in [-0.15, -0.1) is 12.4 Å². The number of nitrogens with one attached hydrogen (secondary N) is 1. The first-order valence-corrected chi connectivity index (χ1v) is 7.24. The fraction of sp³-hybridized carbons (Fsp3) is 0.278. The van der Waals surface area contributed by atoms with E-state index in [0.717, 1.165) is 48.2 Å². The van der Waals surface area contributed by atoms with Crippen LogP contribution in [0.5, 0.6) is 0 Å². The first-order chi connectivity index (χ1) is 10.2. The quantitative estimate of drug-likeness (QED) is 0.619. The summed E-state index contributed by atoms with van der Waals surface area (Å²) in [7, 11) is 4.16. The summed E-state index contributed by atoms with van der Waals surface area (Å²) in [6.45, 7) is 1.97. The Bertz CT molecular complexity index is 599. The number of halogens is 1. The van der Waals surface area contributed by atoms with Gasteiger partial charge in [-0.05, 0) is 38.7 Å². The van der Waals surface area contributed by atoms with Crippen LogP contribution in [0.2, 0.25) is 0 Å². The number of rotatable bonds is 7. The first-order valence-electron chi connectivity index (χ1n) is 7.24. The zero-order valence-corrected chi connectivity index (χ0v) is 13.9. The minimum atomic E-state index is 0. The summed E-state index contributed by atoms with van der Waals surface area (Å²) in [6.07, 6.45) is 1.99. The molecule has 0 amide bonds. The first kappa shape index (κ1) is 18.2. The molecule has 0 unspecified atom stereocenters. The highest BCUT2D eigenvalue weighted by molar-refractivity contribution is 5.91. The monoisotopic (exact) mass is 318 g/mol. The Morgan fingerprint density at radius 1 is 1.00 bits per heavy atom. The molecule has 0 radical (unpaired) electrons. The highest BCUT2D eigenvalue weighted by atomic mass is 35.5. The lowest BCUT2D eigenvalue weighted by molar-refractivity contribution is 0.112. The number of hydrogen-bond acceptors (Lipinski definition) is 3. The molecule has 2 aromatic rings. The number of hydrogen-bond donors (Lipinski definition) is 1.